The predicted molar refractivity (Wildman–Crippen MR) is 66.6 cm³/mol. The van der Waals surface area contributed by atoms with Crippen LogP contribution in [0.15, 0.2) is 6.20 Å². The highest BCUT2D eigenvalue weighted by Gasteiger charge is 2.46. The molecule has 3 rings (SSSR count). The topological polar surface area (TPSA) is 119 Å². The van der Waals surface area contributed by atoms with E-state index in [0.717, 1.165) is 4.68 Å². The summed E-state index contributed by atoms with van der Waals surface area (Å²) >= 11 is 5.71. The van der Waals surface area contributed by atoms with Gasteiger partial charge in [-0.3, -0.25) is 0 Å². The van der Waals surface area contributed by atoms with Crippen LogP contribution in [0.3, 0.4) is 0 Å². The van der Waals surface area contributed by atoms with E-state index in [9.17, 15) is 9.50 Å². The van der Waals surface area contributed by atoms with Crippen molar-refractivity contribution in [3.8, 4) is 0 Å². The molecule has 8 nitrogen and oxygen atoms in total. The molecule has 2 aromatic rings. The van der Waals surface area contributed by atoms with Gasteiger partial charge in [-0.1, -0.05) is 0 Å². The molecule has 10 heteroatoms. The minimum atomic E-state index is -1.76. The zero-order chi connectivity index (χ0) is 14.4. The average molecular weight is 304 g/mol. The Balaban J connectivity index is 2.07. The van der Waals surface area contributed by atoms with Gasteiger partial charge in [0.25, 0.3) is 0 Å². The van der Waals surface area contributed by atoms with Crippen molar-refractivity contribution in [1.29, 1.82) is 0 Å². The van der Waals surface area contributed by atoms with E-state index in [2.05, 4.69) is 15.1 Å². The lowest BCUT2D eigenvalue weighted by atomic mass is 10.1. The highest BCUT2D eigenvalue weighted by molar-refractivity contribution is 6.28. The molecule has 0 amide bonds. The molecule has 4 atom stereocenters. The monoisotopic (exact) mass is 303 g/mol. The van der Waals surface area contributed by atoms with Gasteiger partial charge in [0.15, 0.2) is 18.0 Å². The van der Waals surface area contributed by atoms with Crippen LogP contribution in [-0.2, 0) is 4.74 Å². The lowest BCUT2D eigenvalue weighted by Crippen LogP contribution is -2.30. The third kappa shape index (κ3) is 1.90. The summed E-state index contributed by atoms with van der Waals surface area (Å²) in [6.07, 6.45) is -4.09. The van der Waals surface area contributed by atoms with Crippen LogP contribution in [0.2, 0.25) is 5.28 Å². The zero-order valence-corrected chi connectivity index (χ0v) is 10.8. The number of hydrogen-bond donors (Lipinski definition) is 3. The number of nitrogen functional groups attached to an aromatic ring is 1. The van der Waals surface area contributed by atoms with E-state index in [1.54, 1.807) is 0 Å². The molecule has 1 fully saturated rings. The molecule has 1 aliphatic heterocycles. The minimum absolute atomic E-state index is 0.107. The van der Waals surface area contributed by atoms with Gasteiger partial charge in [0.05, 0.1) is 18.2 Å². The molecule has 3 heterocycles. The molecule has 2 aromatic heterocycles. The molecule has 4 N–H and O–H groups in total. The van der Waals surface area contributed by atoms with Gasteiger partial charge in [-0.25, -0.2) is 14.1 Å². The largest absolute Gasteiger partial charge is 0.394 e. The summed E-state index contributed by atoms with van der Waals surface area (Å²) in [5, 5.41) is 22.9. The van der Waals surface area contributed by atoms with E-state index in [1.165, 1.54) is 6.20 Å². The quantitative estimate of drug-likeness (QED) is 0.649. The van der Waals surface area contributed by atoms with E-state index in [0.29, 0.717) is 5.39 Å². The van der Waals surface area contributed by atoms with E-state index in [-0.39, 0.29) is 16.7 Å². The van der Waals surface area contributed by atoms with Crippen LogP contribution in [0.25, 0.3) is 11.0 Å². The lowest BCUT2D eigenvalue weighted by Gasteiger charge is -2.14. The third-order valence-corrected chi connectivity index (χ3v) is 3.34. The van der Waals surface area contributed by atoms with Gasteiger partial charge >= 0.3 is 0 Å². The average Bonchev–Trinajstić information content (AvgIpc) is 2.93. The summed E-state index contributed by atoms with van der Waals surface area (Å²) < 4.78 is 20.4. The lowest BCUT2D eigenvalue weighted by molar-refractivity contribution is -0.0505. The molecular formula is C10H11ClFN5O3. The van der Waals surface area contributed by atoms with Gasteiger partial charge in [-0.2, -0.15) is 10.1 Å². The van der Waals surface area contributed by atoms with Gasteiger partial charge in [-0.15, -0.1) is 0 Å². The Kier molecular flexibility index (Phi) is 3.21. The van der Waals surface area contributed by atoms with Crippen molar-refractivity contribution in [3.05, 3.63) is 11.5 Å². The summed E-state index contributed by atoms with van der Waals surface area (Å²) in [7, 11) is 0. The molecule has 0 unspecified atom stereocenters. The van der Waals surface area contributed by atoms with E-state index < -0.39 is 31.2 Å². The number of alkyl halides is 1. The van der Waals surface area contributed by atoms with Crippen LogP contribution in [0.4, 0.5) is 10.2 Å². The number of halogens is 2. The van der Waals surface area contributed by atoms with E-state index in [4.69, 9.17) is 27.2 Å². The number of hydrogen-bond acceptors (Lipinski definition) is 7. The fourth-order valence-corrected chi connectivity index (χ4v) is 2.33. The fraction of sp³-hybridized carbons (Fsp3) is 0.500. The normalized spacial score (nSPS) is 30.2. The Morgan fingerprint density at radius 1 is 1.50 bits per heavy atom. The van der Waals surface area contributed by atoms with Crippen molar-refractivity contribution in [1.82, 2.24) is 19.7 Å². The Morgan fingerprint density at radius 2 is 2.25 bits per heavy atom. The molecular weight excluding hydrogens is 293 g/mol. The summed E-state index contributed by atoms with van der Waals surface area (Å²) in [6, 6.07) is 0. The van der Waals surface area contributed by atoms with Crippen LogP contribution >= 0.6 is 11.6 Å². The van der Waals surface area contributed by atoms with Crippen molar-refractivity contribution in [3.63, 3.8) is 0 Å². The second-order valence-corrected chi connectivity index (χ2v) is 4.73. The number of ether oxygens (including phenoxy) is 1. The molecule has 0 aromatic carbocycles. The first kappa shape index (κ1) is 13.4. The molecule has 20 heavy (non-hydrogen) atoms. The Morgan fingerprint density at radius 3 is 2.90 bits per heavy atom. The van der Waals surface area contributed by atoms with Crippen LogP contribution < -0.4 is 5.73 Å². The van der Waals surface area contributed by atoms with Gasteiger partial charge in [0.1, 0.15) is 18.0 Å². The molecule has 1 aliphatic rings. The van der Waals surface area contributed by atoms with Gasteiger partial charge in [0, 0.05) is 0 Å². The number of aromatic nitrogens is 4. The standard InChI is InChI=1S/C10H11ClFN5O3/c11-10-15-7(13)3-1-14-17(8(3)16-10)9-5(12)6(19)4(2-18)20-9/h1,4-6,9,18-19H,2H2,(H2,13,15,16)/t4-,5+,6-,9-/m1/s1. The fourth-order valence-electron chi connectivity index (χ4n) is 2.16. The molecule has 0 radical (unpaired) electrons. The number of aliphatic hydroxyl groups is 2. The van der Waals surface area contributed by atoms with Gasteiger partial charge < -0.3 is 20.7 Å². The summed E-state index contributed by atoms with van der Waals surface area (Å²) in [6.45, 7) is -0.505. The second-order valence-electron chi connectivity index (χ2n) is 4.39. The van der Waals surface area contributed by atoms with Crippen molar-refractivity contribution < 1.29 is 19.3 Å². The summed E-state index contributed by atoms with van der Waals surface area (Å²) in [4.78, 5) is 7.70. The molecule has 0 spiro atoms. The Hall–Kier alpha value is -1.55. The number of nitrogens with two attached hydrogens (primary N) is 1. The molecule has 0 aliphatic carbocycles. The predicted octanol–water partition coefficient (Wildman–Crippen LogP) is -0.349. The van der Waals surface area contributed by atoms with Crippen molar-refractivity contribution >= 4 is 28.5 Å². The zero-order valence-electron chi connectivity index (χ0n) is 10.0. The number of nitrogens with zero attached hydrogens (tertiary/aromatic N) is 4. The summed E-state index contributed by atoms with van der Waals surface area (Å²) in [5.74, 6) is 0.110. The van der Waals surface area contributed by atoms with Crippen LogP contribution in [0.5, 0.6) is 0 Å². The number of rotatable bonds is 2. The first-order valence-electron chi connectivity index (χ1n) is 5.77. The Labute approximate surface area is 116 Å². The van der Waals surface area contributed by atoms with Gasteiger partial charge in [-0.05, 0) is 11.6 Å². The highest BCUT2D eigenvalue weighted by Crippen LogP contribution is 2.33. The minimum Gasteiger partial charge on any atom is -0.394 e. The number of aliphatic hydroxyl groups excluding tert-OH is 2. The third-order valence-electron chi connectivity index (χ3n) is 3.17. The van der Waals surface area contributed by atoms with Crippen molar-refractivity contribution in [2.24, 2.45) is 0 Å². The van der Waals surface area contributed by atoms with Crippen LogP contribution in [0, 0.1) is 0 Å². The first-order chi connectivity index (χ1) is 9.52. The second kappa shape index (κ2) is 4.77. The van der Waals surface area contributed by atoms with Crippen molar-refractivity contribution in [2.75, 3.05) is 12.3 Å². The highest BCUT2D eigenvalue weighted by atomic mass is 35.5. The molecule has 1 saturated heterocycles. The van der Waals surface area contributed by atoms with Crippen molar-refractivity contribution in [2.45, 2.75) is 24.6 Å². The summed E-state index contributed by atoms with van der Waals surface area (Å²) in [5.41, 5.74) is 5.87. The molecule has 108 valence electrons. The van der Waals surface area contributed by atoms with E-state index in [1.807, 2.05) is 0 Å². The SMILES string of the molecule is Nc1nc(Cl)nc2c1cnn2[C@@H]1O[C@H](CO)[C@@H](O)[C@@H]1F. The number of anilines is 1. The maximum Gasteiger partial charge on any atom is 0.226 e. The van der Waals surface area contributed by atoms with Crippen LogP contribution in [0.1, 0.15) is 6.23 Å². The Bertz CT molecular complexity index is 653. The smallest absolute Gasteiger partial charge is 0.226 e. The van der Waals surface area contributed by atoms with Crippen LogP contribution in [-0.4, -0.2) is 54.9 Å². The first-order valence-corrected chi connectivity index (χ1v) is 6.15. The van der Waals surface area contributed by atoms with E-state index >= 15 is 0 Å². The van der Waals surface area contributed by atoms with Gasteiger partial charge in [0.2, 0.25) is 5.28 Å². The number of fused-ring (bicyclic) bond motifs is 1. The maximum atomic E-state index is 14.1. The molecule has 0 saturated carbocycles. The molecule has 0 bridgehead atoms. The maximum absolute atomic E-state index is 14.1.